The lowest BCUT2D eigenvalue weighted by Gasteiger charge is -2.04. The van der Waals surface area contributed by atoms with Gasteiger partial charge in [0.2, 0.25) is 5.91 Å². The lowest BCUT2D eigenvalue weighted by Crippen LogP contribution is -2.09. The molecule has 0 atom stereocenters. The van der Waals surface area contributed by atoms with Crippen LogP contribution in [0.1, 0.15) is 5.56 Å². The molecule has 0 saturated heterocycles. The van der Waals surface area contributed by atoms with Gasteiger partial charge in [-0.1, -0.05) is 0 Å². The van der Waals surface area contributed by atoms with Gasteiger partial charge in [-0.3, -0.25) is 4.79 Å². The third-order valence-electron chi connectivity index (χ3n) is 2.52. The molecule has 0 spiro atoms. The van der Waals surface area contributed by atoms with Gasteiger partial charge in [0.1, 0.15) is 11.3 Å². The van der Waals surface area contributed by atoms with Crippen LogP contribution in [-0.4, -0.2) is 11.9 Å². The maximum Gasteiger partial charge on any atom is 0.336 e. The third-order valence-corrected chi connectivity index (χ3v) is 2.52. The lowest BCUT2D eigenvalue weighted by molar-refractivity contribution is -0.129. The second-order valence-corrected chi connectivity index (χ2v) is 4.06. The molecule has 0 saturated carbocycles. The van der Waals surface area contributed by atoms with E-state index in [9.17, 15) is 14.4 Å². The first-order valence-corrected chi connectivity index (χ1v) is 5.69. The van der Waals surface area contributed by atoms with Crippen LogP contribution >= 0.6 is 0 Å². The van der Waals surface area contributed by atoms with Crippen LogP contribution in [-0.2, 0) is 9.59 Å². The Morgan fingerprint density at radius 2 is 2.00 bits per heavy atom. The molecule has 6 nitrogen and oxygen atoms in total. The summed E-state index contributed by atoms with van der Waals surface area (Å²) in [6, 6.07) is 6.04. The smallest absolute Gasteiger partial charge is 0.336 e. The fourth-order valence-electron chi connectivity index (χ4n) is 1.67. The van der Waals surface area contributed by atoms with Gasteiger partial charge in [-0.25, -0.2) is 9.59 Å². The molecule has 1 amide bonds. The number of carbonyl (C=O) groups excluding carboxylic acids is 2. The number of hydrogen-bond acceptors (Lipinski definition) is 5. The minimum atomic E-state index is -0.752. The predicted octanol–water partition coefficient (Wildman–Crippen LogP) is 1.05. The van der Waals surface area contributed by atoms with Crippen molar-refractivity contribution >= 4 is 22.8 Å². The molecule has 20 heavy (non-hydrogen) atoms. The van der Waals surface area contributed by atoms with Crippen molar-refractivity contribution in [2.45, 2.75) is 6.92 Å². The quantitative estimate of drug-likeness (QED) is 0.390. The van der Waals surface area contributed by atoms with Crippen LogP contribution < -0.4 is 16.1 Å². The number of carbonyl (C=O) groups is 2. The molecule has 1 heterocycles. The minimum Gasteiger partial charge on any atom is -0.423 e. The summed E-state index contributed by atoms with van der Waals surface area (Å²) in [4.78, 5) is 33.1. The second kappa shape index (κ2) is 5.40. The van der Waals surface area contributed by atoms with Gasteiger partial charge in [0.25, 0.3) is 0 Å². The Labute approximate surface area is 113 Å². The van der Waals surface area contributed by atoms with Crippen molar-refractivity contribution in [3.8, 4) is 5.75 Å². The number of nitrogens with two attached hydrogens (primary N) is 1. The fraction of sp³-hybridized carbons (Fsp3) is 0.0714. The monoisotopic (exact) mass is 273 g/mol. The van der Waals surface area contributed by atoms with Crippen molar-refractivity contribution in [1.29, 1.82) is 0 Å². The molecule has 0 unspecified atom stereocenters. The van der Waals surface area contributed by atoms with E-state index in [4.69, 9.17) is 14.9 Å². The molecular formula is C14H11NO5. The van der Waals surface area contributed by atoms with Gasteiger partial charge in [0.15, 0.2) is 0 Å². The molecular weight excluding hydrogens is 262 g/mol. The van der Waals surface area contributed by atoms with Crippen LogP contribution in [0.4, 0.5) is 0 Å². The van der Waals surface area contributed by atoms with Crippen LogP contribution in [0.5, 0.6) is 5.75 Å². The topological polar surface area (TPSA) is 99.6 Å². The molecule has 102 valence electrons. The Hall–Kier alpha value is -2.89. The number of hydrogen-bond donors (Lipinski definition) is 1. The predicted molar refractivity (Wildman–Crippen MR) is 71.2 cm³/mol. The molecule has 2 aromatic rings. The first-order chi connectivity index (χ1) is 9.45. The Kier molecular flexibility index (Phi) is 3.65. The molecule has 6 heteroatoms. The summed E-state index contributed by atoms with van der Waals surface area (Å²) in [5.74, 6) is -1.30. The van der Waals surface area contributed by atoms with Crippen molar-refractivity contribution < 1.29 is 18.7 Å². The van der Waals surface area contributed by atoms with Crippen LogP contribution in [0.2, 0.25) is 0 Å². The summed E-state index contributed by atoms with van der Waals surface area (Å²) in [5, 5.41) is 0.747. The highest BCUT2D eigenvalue weighted by molar-refractivity contribution is 5.94. The summed E-state index contributed by atoms with van der Waals surface area (Å²) in [6.45, 7) is 1.78. The van der Waals surface area contributed by atoms with E-state index in [2.05, 4.69) is 0 Å². The molecule has 0 radical (unpaired) electrons. The number of primary amides is 1. The van der Waals surface area contributed by atoms with E-state index in [1.165, 1.54) is 12.1 Å². The summed E-state index contributed by atoms with van der Waals surface area (Å²) in [7, 11) is 0. The first-order valence-electron chi connectivity index (χ1n) is 5.69. The Bertz CT molecular complexity index is 773. The number of fused-ring (bicyclic) bond motifs is 1. The Balaban J connectivity index is 2.30. The van der Waals surface area contributed by atoms with E-state index in [-0.39, 0.29) is 5.75 Å². The molecule has 0 aliphatic heterocycles. The van der Waals surface area contributed by atoms with E-state index in [1.807, 2.05) is 0 Å². The average Bonchev–Trinajstić information content (AvgIpc) is 2.35. The van der Waals surface area contributed by atoms with Crippen LogP contribution in [0.3, 0.4) is 0 Å². The van der Waals surface area contributed by atoms with Crippen LogP contribution in [0, 0.1) is 6.92 Å². The molecule has 0 fully saturated rings. The zero-order valence-corrected chi connectivity index (χ0v) is 10.6. The van der Waals surface area contributed by atoms with Crippen LogP contribution in [0.15, 0.2) is 45.6 Å². The third kappa shape index (κ3) is 3.11. The molecule has 0 bridgehead atoms. The molecule has 2 N–H and O–H groups in total. The van der Waals surface area contributed by atoms with Gasteiger partial charge >= 0.3 is 11.6 Å². The standard InChI is InChI=1S/C14H11NO5/c1-8-6-14(18)20-11-7-9(2-3-10(8)11)19-13(17)5-4-12(15)16/h2-7H,1H3,(H2,15,16)/b5-4-. The normalized spacial score (nSPS) is 10.8. The summed E-state index contributed by atoms with van der Waals surface area (Å²) in [5.41, 5.74) is 5.46. The molecule has 0 aliphatic carbocycles. The Morgan fingerprint density at radius 3 is 2.70 bits per heavy atom. The van der Waals surface area contributed by atoms with Gasteiger partial charge in [0.05, 0.1) is 0 Å². The molecule has 2 rings (SSSR count). The van der Waals surface area contributed by atoms with Crippen molar-refractivity contribution in [1.82, 2.24) is 0 Å². The zero-order chi connectivity index (χ0) is 14.7. The van der Waals surface area contributed by atoms with E-state index < -0.39 is 17.5 Å². The van der Waals surface area contributed by atoms with E-state index >= 15 is 0 Å². The number of esters is 1. The Morgan fingerprint density at radius 1 is 1.25 bits per heavy atom. The van der Waals surface area contributed by atoms with Crippen molar-refractivity contribution in [2.75, 3.05) is 0 Å². The van der Waals surface area contributed by atoms with Gasteiger partial charge in [-0.2, -0.15) is 0 Å². The average molecular weight is 273 g/mol. The van der Waals surface area contributed by atoms with E-state index in [1.54, 1.807) is 19.1 Å². The second-order valence-electron chi connectivity index (χ2n) is 4.06. The van der Waals surface area contributed by atoms with Crippen molar-refractivity contribution in [2.24, 2.45) is 5.73 Å². The summed E-state index contributed by atoms with van der Waals surface area (Å²) < 4.78 is 9.98. The number of ether oxygens (including phenoxy) is 1. The van der Waals surface area contributed by atoms with Gasteiger partial charge in [-0.05, 0) is 24.6 Å². The molecule has 1 aromatic carbocycles. The zero-order valence-electron chi connectivity index (χ0n) is 10.6. The van der Waals surface area contributed by atoms with Crippen LogP contribution in [0.25, 0.3) is 11.0 Å². The van der Waals surface area contributed by atoms with Gasteiger partial charge in [-0.15, -0.1) is 0 Å². The molecule has 0 aliphatic rings. The van der Waals surface area contributed by atoms with Crippen molar-refractivity contribution in [3.05, 3.63) is 52.4 Å². The highest BCUT2D eigenvalue weighted by atomic mass is 16.5. The maximum atomic E-state index is 11.4. The number of rotatable bonds is 3. The highest BCUT2D eigenvalue weighted by Crippen LogP contribution is 2.22. The number of amides is 1. The first kappa shape index (κ1) is 13.5. The number of benzene rings is 1. The highest BCUT2D eigenvalue weighted by Gasteiger charge is 2.06. The number of aryl methyl sites for hydroxylation is 1. The fourth-order valence-corrected chi connectivity index (χ4v) is 1.67. The van der Waals surface area contributed by atoms with E-state index in [0.29, 0.717) is 5.58 Å². The summed E-state index contributed by atoms with van der Waals surface area (Å²) >= 11 is 0. The van der Waals surface area contributed by atoms with Crippen molar-refractivity contribution in [3.63, 3.8) is 0 Å². The SMILES string of the molecule is Cc1cc(=O)oc2cc(OC(=O)/C=C\C(N)=O)ccc12. The lowest BCUT2D eigenvalue weighted by atomic mass is 10.1. The maximum absolute atomic E-state index is 11.4. The van der Waals surface area contributed by atoms with E-state index in [0.717, 1.165) is 23.1 Å². The largest absolute Gasteiger partial charge is 0.423 e. The summed E-state index contributed by atoms with van der Waals surface area (Å²) in [6.07, 6.45) is 1.81. The van der Waals surface area contributed by atoms with Gasteiger partial charge < -0.3 is 14.9 Å². The minimum absolute atomic E-state index is 0.199. The van der Waals surface area contributed by atoms with Gasteiger partial charge in [0, 0.05) is 29.7 Å². The molecule has 1 aromatic heterocycles.